The number of phenolic OH excluding ortho intramolecular Hbond substituents is 1. The van der Waals surface area contributed by atoms with Crippen LogP contribution in [-0.4, -0.2) is 38.6 Å². The Morgan fingerprint density at radius 1 is 1.18 bits per heavy atom. The minimum Gasteiger partial charge on any atom is -0.505 e. The molecule has 3 N–H and O–H groups in total. The maximum atomic E-state index is 14.2. The molecule has 2 aromatic carbocycles. The normalized spacial score (nSPS) is 12.0. The summed E-state index contributed by atoms with van der Waals surface area (Å²) in [6, 6.07) is 8.18. The van der Waals surface area contributed by atoms with Crippen molar-refractivity contribution in [2.45, 2.75) is 45.6 Å². The van der Waals surface area contributed by atoms with E-state index in [0.717, 1.165) is 6.07 Å². The highest BCUT2D eigenvalue weighted by molar-refractivity contribution is 6.30. The smallest absolute Gasteiger partial charge is 0.303 e. The Hall–Kier alpha value is -3.39. The first-order chi connectivity index (χ1) is 15.6. The van der Waals surface area contributed by atoms with Gasteiger partial charge in [0.1, 0.15) is 0 Å². The lowest BCUT2D eigenvalue weighted by molar-refractivity contribution is -0.137. The van der Waals surface area contributed by atoms with Crippen LogP contribution in [0.1, 0.15) is 47.8 Å². The Morgan fingerprint density at radius 2 is 1.85 bits per heavy atom. The largest absolute Gasteiger partial charge is 0.505 e. The minimum absolute atomic E-state index is 0.0696. The molecule has 0 saturated heterocycles. The number of amides is 1. The average Bonchev–Trinajstić information content (AvgIpc) is 3.01. The molecule has 1 aromatic heterocycles. The average molecular weight is 475 g/mol. The first kappa shape index (κ1) is 24.3. The van der Waals surface area contributed by atoms with Crippen molar-refractivity contribution in [3.05, 3.63) is 64.1 Å². The van der Waals surface area contributed by atoms with Crippen LogP contribution in [0.2, 0.25) is 5.02 Å². The van der Waals surface area contributed by atoms with Crippen molar-refractivity contribution < 1.29 is 29.0 Å². The summed E-state index contributed by atoms with van der Waals surface area (Å²) in [5.74, 6) is -3.22. The fourth-order valence-electron chi connectivity index (χ4n) is 3.81. The number of carbonyl (C=O) groups excluding carboxylic acids is 2. The van der Waals surface area contributed by atoms with Crippen LogP contribution in [-0.2, 0) is 16.0 Å². The Labute approximate surface area is 194 Å². The number of hydrogen-bond donors (Lipinski definition) is 3. The van der Waals surface area contributed by atoms with Gasteiger partial charge in [0, 0.05) is 40.2 Å². The molecular weight excluding hydrogens is 451 g/mol. The highest BCUT2D eigenvalue weighted by atomic mass is 35.5. The van der Waals surface area contributed by atoms with Gasteiger partial charge in [-0.25, -0.2) is 4.39 Å². The van der Waals surface area contributed by atoms with Crippen molar-refractivity contribution in [1.29, 1.82) is 0 Å². The number of nitrogens with zero attached hydrogens (tertiary/aromatic N) is 1. The molecule has 0 aliphatic carbocycles. The Morgan fingerprint density at radius 3 is 2.45 bits per heavy atom. The number of phenols is 1. The van der Waals surface area contributed by atoms with Crippen molar-refractivity contribution in [2.24, 2.45) is 0 Å². The molecule has 0 saturated carbocycles. The lowest BCUT2D eigenvalue weighted by Crippen LogP contribution is -2.35. The van der Waals surface area contributed by atoms with E-state index in [1.807, 2.05) is 6.92 Å². The molecule has 3 rings (SSSR count). The van der Waals surface area contributed by atoms with Gasteiger partial charge in [0.15, 0.2) is 11.6 Å². The second-order valence-electron chi connectivity index (χ2n) is 7.81. The number of aliphatic carboxylic acids is 1. The van der Waals surface area contributed by atoms with E-state index < -0.39 is 23.4 Å². The van der Waals surface area contributed by atoms with E-state index in [9.17, 15) is 23.9 Å². The third-order valence-corrected chi connectivity index (χ3v) is 5.85. The summed E-state index contributed by atoms with van der Waals surface area (Å²) in [6.07, 6.45) is 0.651. The number of carboxylic acids is 1. The van der Waals surface area contributed by atoms with Crippen LogP contribution in [0.15, 0.2) is 36.4 Å². The fourth-order valence-corrected chi connectivity index (χ4v) is 3.94. The van der Waals surface area contributed by atoms with Crippen molar-refractivity contribution in [3.8, 4) is 5.75 Å². The summed E-state index contributed by atoms with van der Waals surface area (Å²) in [5, 5.41) is 22.5. The van der Waals surface area contributed by atoms with Crippen molar-refractivity contribution in [2.75, 3.05) is 0 Å². The lowest BCUT2D eigenvalue weighted by atomic mass is 10.1. The monoisotopic (exact) mass is 474 g/mol. The molecule has 33 heavy (non-hydrogen) atoms. The van der Waals surface area contributed by atoms with E-state index >= 15 is 0 Å². The third kappa shape index (κ3) is 5.34. The molecule has 7 nitrogen and oxygen atoms in total. The Bertz CT molecular complexity index is 1220. The molecule has 0 bridgehead atoms. The van der Waals surface area contributed by atoms with Crippen LogP contribution < -0.4 is 5.32 Å². The van der Waals surface area contributed by atoms with Crippen LogP contribution >= 0.6 is 11.6 Å². The number of halogens is 2. The Kier molecular flexibility index (Phi) is 7.38. The van der Waals surface area contributed by atoms with E-state index in [2.05, 4.69) is 5.32 Å². The van der Waals surface area contributed by atoms with Gasteiger partial charge in [0.25, 0.3) is 5.91 Å². The summed E-state index contributed by atoms with van der Waals surface area (Å²) in [7, 11) is 0. The van der Waals surface area contributed by atoms with Gasteiger partial charge < -0.3 is 15.5 Å². The number of carboxylic acid groups (broad SMARTS) is 1. The summed E-state index contributed by atoms with van der Waals surface area (Å²) >= 11 is 5.91. The van der Waals surface area contributed by atoms with Gasteiger partial charge in [0.05, 0.1) is 11.9 Å². The van der Waals surface area contributed by atoms with Gasteiger partial charge in [-0.15, -0.1) is 0 Å². The molecule has 1 amide bonds. The topological polar surface area (TPSA) is 109 Å². The molecule has 0 aliphatic rings. The van der Waals surface area contributed by atoms with Crippen LogP contribution in [0.5, 0.6) is 5.75 Å². The predicted octanol–water partition coefficient (Wildman–Crippen LogP) is 4.44. The van der Waals surface area contributed by atoms with Crippen molar-refractivity contribution in [1.82, 2.24) is 9.88 Å². The number of aromatic nitrogens is 1. The number of aromatic hydroxyl groups is 1. The predicted molar refractivity (Wildman–Crippen MR) is 122 cm³/mol. The summed E-state index contributed by atoms with van der Waals surface area (Å²) in [6.45, 7) is 3.49. The SMILES string of the molecule is CCC(CCC(=O)O)NC(=O)Cc1c(C)n(C(=O)c2ccc(Cl)cc2)c2cc(F)c(O)cc12. The molecule has 1 atom stereocenters. The van der Waals surface area contributed by atoms with E-state index in [0.29, 0.717) is 40.1 Å². The fraction of sp³-hybridized carbons (Fsp3) is 0.292. The molecule has 1 unspecified atom stereocenters. The van der Waals surface area contributed by atoms with Crippen molar-refractivity contribution in [3.63, 3.8) is 0 Å². The molecule has 174 valence electrons. The van der Waals surface area contributed by atoms with Crippen LogP contribution in [0, 0.1) is 12.7 Å². The number of benzene rings is 2. The number of nitrogens with one attached hydrogen (secondary N) is 1. The second kappa shape index (κ2) is 10.0. The number of hydrogen-bond acceptors (Lipinski definition) is 4. The zero-order chi connectivity index (χ0) is 24.3. The molecule has 0 radical (unpaired) electrons. The van der Waals surface area contributed by atoms with E-state index in [4.69, 9.17) is 16.7 Å². The maximum absolute atomic E-state index is 14.2. The highest BCUT2D eigenvalue weighted by Gasteiger charge is 2.24. The van der Waals surface area contributed by atoms with Gasteiger partial charge in [-0.05, 0) is 55.7 Å². The molecule has 3 aromatic rings. The second-order valence-corrected chi connectivity index (χ2v) is 8.25. The number of rotatable bonds is 8. The molecule has 0 spiro atoms. The van der Waals surface area contributed by atoms with Gasteiger partial charge in [-0.3, -0.25) is 19.0 Å². The summed E-state index contributed by atoms with van der Waals surface area (Å²) < 4.78 is 15.5. The van der Waals surface area contributed by atoms with E-state index in [-0.39, 0.29) is 30.3 Å². The molecule has 0 aliphatic heterocycles. The summed E-state index contributed by atoms with van der Waals surface area (Å²) in [4.78, 5) is 36.8. The van der Waals surface area contributed by atoms with Gasteiger partial charge >= 0.3 is 5.97 Å². The van der Waals surface area contributed by atoms with Gasteiger partial charge in [-0.1, -0.05) is 18.5 Å². The maximum Gasteiger partial charge on any atom is 0.303 e. The van der Waals surface area contributed by atoms with Crippen LogP contribution in [0.4, 0.5) is 4.39 Å². The molecular formula is C24H24ClFN2O5. The molecule has 0 fully saturated rings. The minimum atomic E-state index is -0.945. The summed E-state index contributed by atoms with van der Waals surface area (Å²) in [5.41, 5.74) is 1.45. The molecule has 9 heteroatoms. The number of fused-ring (bicyclic) bond motifs is 1. The first-order valence-electron chi connectivity index (χ1n) is 10.5. The highest BCUT2D eigenvalue weighted by Crippen LogP contribution is 2.32. The zero-order valence-electron chi connectivity index (χ0n) is 18.2. The third-order valence-electron chi connectivity index (χ3n) is 5.60. The van der Waals surface area contributed by atoms with Crippen LogP contribution in [0.25, 0.3) is 10.9 Å². The standard InChI is InChI=1S/C24H24ClFN2O5/c1-3-16(8-9-23(31)32)27-22(30)11-17-13(2)28(20-12-19(26)21(29)10-18(17)20)24(33)14-4-6-15(25)7-5-14/h4-7,10,12,16,29H,3,8-9,11H2,1-2H3,(H,27,30)(H,31,32). The number of carbonyl (C=O) groups is 3. The van der Waals surface area contributed by atoms with E-state index in [1.165, 1.54) is 10.6 Å². The van der Waals surface area contributed by atoms with Gasteiger partial charge in [-0.2, -0.15) is 0 Å². The first-order valence-corrected chi connectivity index (χ1v) is 10.8. The molecule has 1 heterocycles. The Balaban J connectivity index is 2.00. The van der Waals surface area contributed by atoms with Crippen molar-refractivity contribution >= 4 is 40.3 Å². The van der Waals surface area contributed by atoms with Gasteiger partial charge in [0.2, 0.25) is 5.91 Å². The van der Waals surface area contributed by atoms with E-state index in [1.54, 1.807) is 31.2 Å². The van der Waals surface area contributed by atoms with Crippen LogP contribution in [0.3, 0.4) is 0 Å². The lowest BCUT2D eigenvalue weighted by Gasteiger charge is -2.16. The zero-order valence-corrected chi connectivity index (χ0v) is 18.9. The quantitative estimate of drug-likeness (QED) is 0.447.